The van der Waals surface area contributed by atoms with Crippen molar-refractivity contribution in [1.82, 2.24) is 15.2 Å². The third-order valence-corrected chi connectivity index (χ3v) is 4.24. The van der Waals surface area contributed by atoms with Gasteiger partial charge in [-0.15, -0.1) is 0 Å². The van der Waals surface area contributed by atoms with Crippen LogP contribution in [0.3, 0.4) is 0 Å². The van der Waals surface area contributed by atoms with E-state index >= 15 is 0 Å². The number of nitrogens with one attached hydrogen (secondary N) is 1. The van der Waals surface area contributed by atoms with E-state index in [9.17, 15) is 9.59 Å². The van der Waals surface area contributed by atoms with Gasteiger partial charge in [-0.25, -0.2) is 0 Å². The van der Waals surface area contributed by atoms with Gasteiger partial charge in [0.2, 0.25) is 5.91 Å². The zero-order chi connectivity index (χ0) is 15.7. The lowest BCUT2D eigenvalue weighted by atomic mass is 9.92. The normalized spacial score (nSPS) is 25.2. The Morgan fingerprint density at radius 2 is 2.09 bits per heavy atom. The molecule has 1 aromatic heterocycles. The SMILES string of the molecule is Cc1cc(C(=O)N2CC[C@H]3C(=O)NCCO[C@H]3C2)cc(C)n1. The average Bonchev–Trinajstić information content (AvgIpc) is 2.67. The van der Waals surface area contributed by atoms with Crippen molar-refractivity contribution in [2.45, 2.75) is 26.4 Å². The molecule has 1 aromatic rings. The van der Waals surface area contributed by atoms with E-state index in [1.54, 1.807) is 4.90 Å². The van der Waals surface area contributed by atoms with E-state index in [0.717, 1.165) is 11.4 Å². The lowest BCUT2D eigenvalue weighted by Crippen LogP contribution is -2.50. The second kappa shape index (κ2) is 6.04. The smallest absolute Gasteiger partial charge is 0.254 e. The van der Waals surface area contributed by atoms with Crippen LogP contribution in [-0.2, 0) is 9.53 Å². The molecule has 0 bridgehead atoms. The minimum absolute atomic E-state index is 0.0136. The molecule has 2 aliphatic rings. The highest BCUT2D eigenvalue weighted by atomic mass is 16.5. The van der Waals surface area contributed by atoms with Gasteiger partial charge in [0.1, 0.15) is 0 Å². The topological polar surface area (TPSA) is 71.5 Å². The predicted molar refractivity (Wildman–Crippen MR) is 80.5 cm³/mol. The fourth-order valence-electron chi connectivity index (χ4n) is 3.23. The van der Waals surface area contributed by atoms with Crippen molar-refractivity contribution in [2.24, 2.45) is 5.92 Å². The van der Waals surface area contributed by atoms with E-state index in [0.29, 0.717) is 38.2 Å². The van der Waals surface area contributed by atoms with E-state index in [1.807, 2.05) is 26.0 Å². The molecule has 0 unspecified atom stereocenters. The van der Waals surface area contributed by atoms with Crippen molar-refractivity contribution >= 4 is 11.8 Å². The summed E-state index contributed by atoms with van der Waals surface area (Å²) in [4.78, 5) is 30.8. The van der Waals surface area contributed by atoms with E-state index < -0.39 is 0 Å². The van der Waals surface area contributed by atoms with Crippen LogP contribution in [0.2, 0.25) is 0 Å². The molecule has 1 N–H and O–H groups in total. The molecule has 118 valence electrons. The van der Waals surface area contributed by atoms with Gasteiger partial charge in [0, 0.05) is 36.6 Å². The lowest BCUT2D eigenvalue weighted by molar-refractivity contribution is -0.129. The highest BCUT2D eigenvalue weighted by molar-refractivity contribution is 5.94. The zero-order valence-electron chi connectivity index (χ0n) is 13.0. The summed E-state index contributed by atoms with van der Waals surface area (Å²) in [6, 6.07) is 3.62. The molecule has 6 nitrogen and oxygen atoms in total. The molecule has 0 aromatic carbocycles. The van der Waals surface area contributed by atoms with Crippen LogP contribution in [0.5, 0.6) is 0 Å². The summed E-state index contributed by atoms with van der Waals surface area (Å²) < 4.78 is 5.75. The standard InChI is InChI=1S/C16H21N3O3/c1-10-7-12(8-11(2)18-10)16(21)19-5-3-13-14(9-19)22-6-4-17-15(13)20/h7-8,13-14H,3-6,9H2,1-2H3,(H,17,20)/t13-,14+/m1/s1. The monoisotopic (exact) mass is 303 g/mol. The first-order chi connectivity index (χ1) is 10.5. The molecule has 22 heavy (non-hydrogen) atoms. The minimum atomic E-state index is -0.204. The number of piperidine rings is 1. The highest BCUT2D eigenvalue weighted by Gasteiger charge is 2.37. The lowest BCUT2D eigenvalue weighted by Gasteiger charge is -2.36. The largest absolute Gasteiger partial charge is 0.374 e. The first-order valence-corrected chi connectivity index (χ1v) is 7.68. The van der Waals surface area contributed by atoms with E-state index in [2.05, 4.69) is 10.3 Å². The molecule has 0 spiro atoms. The van der Waals surface area contributed by atoms with Gasteiger partial charge < -0.3 is 15.0 Å². The van der Waals surface area contributed by atoms with Gasteiger partial charge in [-0.3, -0.25) is 14.6 Å². The van der Waals surface area contributed by atoms with Crippen LogP contribution in [0.25, 0.3) is 0 Å². The number of fused-ring (bicyclic) bond motifs is 1. The Bertz CT molecular complexity index is 582. The second-order valence-electron chi connectivity index (χ2n) is 5.99. The molecule has 2 fully saturated rings. The second-order valence-corrected chi connectivity index (χ2v) is 5.99. The van der Waals surface area contributed by atoms with Crippen molar-refractivity contribution < 1.29 is 14.3 Å². The molecule has 3 heterocycles. The van der Waals surface area contributed by atoms with Crippen LogP contribution in [0, 0.1) is 19.8 Å². The fourth-order valence-corrected chi connectivity index (χ4v) is 3.23. The van der Waals surface area contributed by atoms with Gasteiger partial charge >= 0.3 is 0 Å². The van der Waals surface area contributed by atoms with Gasteiger partial charge in [-0.2, -0.15) is 0 Å². The quantitative estimate of drug-likeness (QED) is 0.828. The average molecular weight is 303 g/mol. The number of aromatic nitrogens is 1. The van der Waals surface area contributed by atoms with Crippen molar-refractivity contribution in [3.05, 3.63) is 29.1 Å². The maximum Gasteiger partial charge on any atom is 0.254 e. The third kappa shape index (κ3) is 2.97. The summed E-state index contributed by atoms with van der Waals surface area (Å²) in [5.74, 6) is -0.113. The fraction of sp³-hybridized carbons (Fsp3) is 0.562. The Labute approximate surface area is 129 Å². The van der Waals surface area contributed by atoms with Crippen molar-refractivity contribution in [3.63, 3.8) is 0 Å². The van der Waals surface area contributed by atoms with Gasteiger partial charge in [0.05, 0.1) is 18.6 Å². The van der Waals surface area contributed by atoms with Crippen LogP contribution in [0.4, 0.5) is 0 Å². The van der Waals surface area contributed by atoms with E-state index in [1.165, 1.54) is 0 Å². The molecule has 2 atom stereocenters. The van der Waals surface area contributed by atoms with Crippen LogP contribution >= 0.6 is 0 Å². The minimum Gasteiger partial charge on any atom is -0.374 e. The number of amides is 2. The summed E-state index contributed by atoms with van der Waals surface area (Å²) in [6.45, 7) is 5.86. The summed E-state index contributed by atoms with van der Waals surface area (Å²) >= 11 is 0. The molecule has 2 saturated heterocycles. The van der Waals surface area contributed by atoms with Crippen LogP contribution in [0.1, 0.15) is 28.2 Å². The molecule has 6 heteroatoms. The number of hydrogen-bond acceptors (Lipinski definition) is 4. The summed E-state index contributed by atoms with van der Waals surface area (Å²) in [5.41, 5.74) is 2.33. The Hall–Kier alpha value is -1.95. The highest BCUT2D eigenvalue weighted by Crippen LogP contribution is 2.24. The van der Waals surface area contributed by atoms with Gasteiger partial charge in [-0.05, 0) is 32.4 Å². The zero-order valence-corrected chi connectivity index (χ0v) is 13.0. The van der Waals surface area contributed by atoms with Crippen LogP contribution in [-0.4, -0.2) is 54.0 Å². The molecule has 0 saturated carbocycles. The molecular weight excluding hydrogens is 282 g/mol. The molecular formula is C16H21N3O3. The van der Waals surface area contributed by atoms with Crippen molar-refractivity contribution in [1.29, 1.82) is 0 Å². The first kappa shape index (κ1) is 15.0. The summed E-state index contributed by atoms with van der Waals surface area (Å²) in [5, 5.41) is 2.86. The van der Waals surface area contributed by atoms with E-state index in [4.69, 9.17) is 4.74 Å². The maximum atomic E-state index is 12.7. The Kier molecular flexibility index (Phi) is 4.11. The van der Waals surface area contributed by atoms with Crippen LogP contribution < -0.4 is 5.32 Å². The molecule has 0 aliphatic carbocycles. The molecule has 3 rings (SSSR count). The molecule has 0 radical (unpaired) electrons. The Morgan fingerprint density at radius 3 is 2.82 bits per heavy atom. The number of carbonyl (C=O) groups excluding carboxylic acids is 2. The Balaban J connectivity index is 1.76. The number of carbonyl (C=O) groups is 2. The number of nitrogens with zero attached hydrogens (tertiary/aromatic N) is 2. The molecule has 2 aliphatic heterocycles. The first-order valence-electron chi connectivity index (χ1n) is 7.68. The number of aryl methyl sites for hydroxylation is 2. The van der Waals surface area contributed by atoms with Gasteiger partial charge in [0.25, 0.3) is 5.91 Å². The number of pyridine rings is 1. The molecule has 2 amide bonds. The maximum absolute atomic E-state index is 12.7. The number of ether oxygens (including phenoxy) is 1. The third-order valence-electron chi connectivity index (χ3n) is 4.24. The van der Waals surface area contributed by atoms with Gasteiger partial charge in [0.15, 0.2) is 0 Å². The van der Waals surface area contributed by atoms with E-state index in [-0.39, 0.29) is 23.8 Å². The van der Waals surface area contributed by atoms with Crippen molar-refractivity contribution in [2.75, 3.05) is 26.2 Å². The number of hydrogen-bond donors (Lipinski definition) is 1. The predicted octanol–water partition coefficient (Wildman–Crippen LogP) is 0.676. The number of likely N-dealkylation sites (tertiary alicyclic amines) is 1. The Morgan fingerprint density at radius 1 is 1.36 bits per heavy atom. The van der Waals surface area contributed by atoms with Gasteiger partial charge in [-0.1, -0.05) is 0 Å². The van der Waals surface area contributed by atoms with Crippen LogP contribution in [0.15, 0.2) is 12.1 Å². The summed E-state index contributed by atoms with van der Waals surface area (Å²) in [6.07, 6.45) is 0.440. The number of rotatable bonds is 1. The summed E-state index contributed by atoms with van der Waals surface area (Å²) in [7, 11) is 0. The van der Waals surface area contributed by atoms with Crippen molar-refractivity contribution in [3.8, 4) is 0 Å².